The van der Waals surface area contributed by atoms with Crippen LogP contribution in [0.3, 0.4) is 0 Å². The Labute approximate surface area is 136 Å². The van der Waals surface area contributed by atoms with Crippen molar-refractivity contribution in [2.45, 2.75) is 40.7 Å². The average molecular weight is 347 g/mol. The molecule has 0 saturated carbocycles. The molecule has 0 bridgehead atoms. The van der Waals surface area contributed by atoms with Gasteiger partial charge in [0.15, 0.2) is 0 Å². The molecule has 2 heteroatoms. The molecule has 2 aromatic rings. The summed E-state index contributed by atoms with van der Waals surface area (Å²) >= 11 is 3.61. The molecule has 0 radical (unpaired) electrons. The SMILES string of the molecule is Cc1cc(COc2cccc(CC(C)C)c2)cc(Br)c1C. The summed E-state index contributed by atoms with van der Waals surface area (Å²) in [6.07, 6.45) is 1.09. The number of benzene rings is 2. The Balaban J connectivity index is 2.06. The van der Waals surface area contributed by atoms with Gasteiger partial charge in [0.05, 0.1) is 0 Å². The normalized spacial score (nSPS) is 11.0. The summed E-state index contributed by atoms with van der Waals surface area (Å²) in [6.45, 7) is 9.33. The van der Waals surface area contributed by atoms with Crippen LogP contribution in [0.4, 0.5) is 0 Å². The van der Waals surface area contributed by atoms with Crippen molar-refractivity contribution < 1.29 is 4.74 Å². The van der Waals surface area contributed by atoms with Crippen LogP contribution in [0, 0.1) is 19.8 Å². The maximum absolute atomic E-state index is 5.94. The first-order valence-electron chi connectivity index (χ1n) is 7.43. The lowest BCUT2D eigenvalue weighted by molar-refractivity contribution is 0.305. The van der Waals surface area contributed by atoms with Crippen LogP contribution in [0.15, 0.2) is 40.9 Å². The van der Waals surface area contributed by atoms with Gasteiger partial charge in [-0.3, -0.25) is 0 Å². The van der Waals surface area contributed by atoms with E-state index in [1.807, 2.05) is 6.07 Å². The summed E-state index contributed by atoms with van der Waals surface area (Å²) in [5, 5.41) is 0. The maximum atomic E-state index is 5.94. The van der Waals surface area contributed by atoms with Crippen molar-refractivity contribution in [3.05, 3.63) is 63.1 Å². The van der Waals surface area contributed by atoms with E-state index in [0.29, 0.717) is 12.5 Å². The molecule has 0 spiro atoms. The van der Waals surface area contributed by atoms with E-state index in [1.54, 1.807) is 0 Å². The minimum absolute atomic E-state index is 0.602. The monoisotopic (exact) mass is 346 g/mol. The summed E-state index contributed by atoms with van der Waals surface area (Å²) in [5.74, 6) is 1.61. The van der Waals surface area contributed by atoms with Gasteiger partial charge in [-0.1, -0.05) is 48.0 Å². The molecular formula is C19H23BrO. The van der Waals surface area contributed by atoms with Crippen LogP contribution in [0.25, 0.3) is 0 Å². The summed E-state index contributed by atoms with van der Waals surface area (Å²) in [6, 6.07) is 12.7. The molecule has 112 valence electrons. The highest BCUT2D eigenvalue weighted by atomic mass is 79.9. The second-order valence-corrected chi connectivity index (χ2v) is 6.91. The largest absolute Gasteiger partial charge is 0.489 e. The van der Waals surface area contributed by atoms with E-state index in [0.717, 1.165) is 16.6 Å². The third-order valence-corrected chi connectivity index (χ3v) is 4.44. The number of hydrogen-bond donors (Lipinski definition) is 0. The lowest BCUT2D eigenvalue weighted by Gasteiger charge is -2.11. The van der Waals surface area contributed by atoms with Crippen molar-refractivity contribution in [2.75, 3.05) is 0 Å². The Kier molecular flexibility index (Phi) is 5.46. The van der Waals surface area contributed by atoms with E-state index in [-0.39, 0.29) is 0 Å². The fraction of sp³-hybridized carbons (Fsp3) is 0.368. The Hall–Kier alpha value is -1.28. The molecule has 2 aromatic carbocycles. The topological polar surface area (TPSA) is 9.23 Å². The van der Waals surface area contributed by atoms with Crippen molar-refractivity contribution in [1.82, 2.24) is 0 Å². The lowest BCUT2D eigenvalue weighted by Crippen LogP contribution is -1.99. The number of hydrogen-bond acceptors (Lipinski definition) is 1. The van der Waals surface area contributed by atoms with E-state index >= 15 is 0 Å². The molecule has 0 aliphatic rings. The van der Waals surface area contributed by atoms with Crippen LogP contribution in [0.5, 0.6) is 5.75 Å². The van der Waals surface area contributed by atoms with Crippen LogP contribution in [0.2, 0.25) is 0 Å². The van der Waals surface area contributed by atoms with Crippen LogP contribution in [0.1, 0.15) is 36.1 Å². The van der Waals surface area contributed by atoms with E-state index in [1.165, 1.54) is 22.3 Å². The van der Waals surface area contributed by atoms with Gasteiger partial charge >= 0.3 is 0 Å². The first kappa shape index (κ1) is 16.1. The molecular weight excluding hydrogens is 324 g/mol. The predicted molar refractivity (Wildman–Crippen MR) is 92.9 cm³/mol. The summed E-state index contributed by atoms with van der Waals surface area (Å²) < 4.78 is 7.09. The highest BCUT2D eigenvalue weighted by Gasteiger charge is 2.04. The first-order chi connectivity index (χ1) is 9.95. The van der Waals surface area contributed by atoms with Crippen molar-refractivity contribution in [3.63, 3.8) is 0 Å². The van der Waals surface area contributed by atoms with Crippen molar-refractivity contribution in [3.8, 4) is 5.75 Å². The van der Waals surface area contributed by atoms with Gasteiger partial charge in [-0.05, 0) is 66.6 Å². The molecule has 0 heterocycles. The van der Waals surface area contributed by atoms with Gasteiger partial charge in [-0.25, -0.2) is 0 Å². The number of halogens is 1. The standard InChI is InChI=1S/C19H23BrO/c1-13(2)8-16-6-5-7-18(10-16)21-12-17-9-14(3)15(4)19(20)11-17/h5-7,9-11,13H,8,12H2,1-4H3. The highest BCUT2D eigenvalue weighted by Crippen LogP contribution is 2.23. The molecule has 0 unspecified atom stereocenters. The quantitative estimate of drug-likeness (QED) is 0.660. The molecule has 2 rings (SSSR count). The van der Waals surface area contributed by atoms with Crippen LogP contribution < -0.4 is 4.74 Å². The molecule has 0 aromatic heterocycles. The molecule has 0 aliphatic heterocycles. The molecule has 0 fully saturated rings. The first-order valence-corrected chi connectivity index (χ1v) is 8.22. The van der Waals surface area contributed by atoms with Crippen molar-refractivity contribution in [1.29, 1.82) is 0 Å². The van der Waals surface area contributed by atoms with Crippen molar-refractivity contribution >= 4 is 15.9 Å². The minimum Gasteiger partial charge on any atom is -0.489 e. The minimum atomic E-state index is 0.602. The highest BCUT2D eigenvalue weighted by molar-refractivity contribution is 9.10. The third kappa shape index (κ3) is 4.60. The third-order valence-electron chi connectivity index (χ3n) is 3.61. The van der Waals surface area contributed by atoms with Crippen LogP contribution >= 0.6 is 15.9 Å². The molecule has 0 saturated heterocycles. The molecule has 0 aliphatic carbocycles. The molecule has 1 nitrogen and oxygen atoms in total. The Bertz CT molecular complexity index is 594. The number of rotatable bonds is 5. The maximum Gasteiger partial charge on any atom is 0.120 e. The van der Waals surface area contributed by atoms with Gasteiger partial charge < -0.3 is 4.74 Å². The average Bonchev–Trinajstić information content (AvgIpc) is 2.42. The van der Waals surface area contributed by atoms with E-state index < -0.39 is 0 Å². The van der Waals surface area contributed by atoms with Gasteiger partial charge in [0.1, 0.15) is 12.4 Å². The fourth-order valence-corrected chi connectivity index (χ4v) is 2.98. The van der Waals surface area contributed by atoms with Gasteiger partial charge in [-0.15, -0.1) is 0 Å². The second kappa shape index (κ2) is 7.13. The van der Waals surface area contributed by atoms with Gasteiger partial charge in [0, 0.05) is 4.47 Å². The summed E-state index contributed by atoms with van der Waals surface area (Å²) in [7, 11) is 0. The molecule has 0 amide bonds. The Morgan fingerprint density at radius 3 is 2.48 bits per heavy atom. The Morgan fingerprint density at radius 2 is 1.81 bits per heavy atom. The molecule has 21 heavy (non-hydrogen) atoms. The second-order valence-electron chi connectivity index (χ2n) is 6.05. The zero-order chi connectivity index (χ0) is 15.4. The number of aryl methyl sites for hydroxylation is 1. The van der Waals surface area contributed by atoms with Crippen LogP contribution in [-0.4, -0.2) is 0 Å². The van der Waals surface area contributed by atoms with Gasteiger partial charge in [0.2, 0.25) is 0 Å². The Morgan fingerprint density at radius 1 is 1.05 bits per heavy atom. The van der Waals surface area contributed by atoms with Crippen molar-refractivity contribution in [2.24, 2.45) is 5.92 Å². The van der Waals surface area contributed by atoms with E-state index in [9.17, 15) is 0 Å². The molecule has 0 N–H and O–H groups in total. The smallest absolute Gasteiger partial charge is 0.120 e. The zero-order valence-electron chi connectivity index (χ0n) is 13.2. The predicted octanol–water partition coefficient (Wildman–Crippen LogP) is 5.84. The zero-order valence-corrected chi connectivity index (χ0v) is 14.8. The van der Waals surface area contributed by atoms with E-state index in [2.05, 4.69) is 74.0 Å². The summed E-state index contributed by atoms with van der Waals surface area (Å²) in [4.78, 5) is 0. The van der Waals surface area contributed by atoms with E-state index in [4.69, 9.17) is 4.74 Å². The van der Waals surface area contributed by atoms with Crippen LogP contribution in [-0.2, 0) is 13.0 Å². The van der Waals surface area contributed by atoms with Gasteiger partial charge in [-0.2, -0.15) is 0 Å². The summed E-state index contributed by atoms with van der Waals surface area (Å²) in [5.41, 5.74) is 5.11. The number of ether oxygens (including phenoxy) is 1. The fourth-order valence-electron chi connectivity index (χ4n) is 2.37. The van der Waals surface area contributed by atoms with Gasteiger partial charge in [0.25, 0.3) is 0 Å². The lowest BCUT2D eigenvalue weighted by atomic mass is 10.0. The molecule has 0 atom stereocenters.